The minimum absolute atomic E-state index is 0.0348. The van der Waals surface area contributed by atoms with Gasteiger partial charge in [-0.15, -0.1) is 0 Å². The molecule has 1 aromatic heterocycles. The van der Waals surface area contributed by atoms with Crippen molar-refractivity contribution >= 4 is 17.8 Å². The normalized spacial score (nSPS) is 13.9. The van der Waals surface area contributed by atoms with Crippen LogP contribution in [-0.2, 0) is 16.1 Å². The van der Waals surface area contributed by atoms with Crippen LogP contribution in [0.1, 0.15) is 54.6 Å². The van der Waals surface area contributed by atoms with Gasteiger partial charge in [0.05, 0.1) is 12.2 Å². The lowest BCUT2D eigenvalue weighted by atomic mass is 10.0. The van der Waals surface area contributed by atoms with Crippen molar-refractivity contribution in [2.24, 2.45) is 5.92 Å². The van der Waals surface area contributed by atoms with Crippen molar-refractivity contribution in [3.8, 4) is 5.69 Å². The molecule has 1 aliphatic carbocycles. The SMILES string of the molecule is O=C(CCC1CCCC1)NCC(=O)NCc1cccc(-n2ccc(C(=O)O)n2)c1. The highest BCUT2D eigenvalue weighted by Gasteiger charge is 2.16. The summed E-state index contributed by atoms with van der Waals surface area (Å²) in [5.74, 6) is -0.764. The molecule has 3 rings (SSSR count). The molecule has 1 heterocycles. The van der Waals surface area contributed by atoms with Crippen molar-refractivity contribution in [1.29, 1.82) is 0 Å². The highest BCUT2D eigenvalue weighted by Crippen LogP contribution is 2.28. The van der Waals surface area contributed by atoms with E-state index in [1.54, 1.807) is 12.3 Å². The summed E-state index contributed by atoms with van der Waals surface area (Å²) in [4.78, 5) is 34.8. The van der Waals surface area contributed by atoms with Gasteiger partial charge in [-0.25, -0.2) is 9.48 Å². The van der Waals surface area contributed by atoms with Gasteiger partial charge in [0.25, 0.3) is 0 Å². The number of aromatic carboxylic acids is 1. The second-order valence-corrected chi connectivity index (χ2v) is 7.36. The topological polar surface area (TPSA) is 113 Å². The Balaban J connectivity index is 1.42. The van der Waals surface area contributed by atoms with Gasteiger partial charge < -0.3 is 15.7 Å². The Morgan fingerprint density at radius 2 is 1.90 bits per heavy atom. The minimum Gasteiger partial charge on any atom is -0.476 e. The quantitative estimate of drug-likeness (QED) is 0.600. The van der Waals surface area contributed by atoms with Gasteiger partial charge in [-0.1, -0.05) is 37.8 Å². The highest BCUT2D eigenvalue weighted by molar-refractivity contribution is 5.85. The summed E-state index contributed by atoms with van der Waals surface area (Å²) in [6.07, 6.45) is 7.89. The molecule has 0 radical (unpaired) electrons. The predicted molar refractivity (Wildman–Crippen MR) is 107 cm³/mol. The maximum atomic E-state index is 12.0. The third-order valence-corrected chi connectivity index (χ3v) is 5.17. The highest BCUT2D eigenvalue weighted by atomic mass is 16.4. The Labute approximate surface area is 169 Å². The molecule has 1 aromatic carbocycles. The molecule has 29 heavy (non-hydrogen) atoms. The van der Waals surface area contributed by atoms with E-state index in [0.29, 0.717) is 24.6 Å². The predicted octanol–water partition coefficient (Wildman–Crippen LogP) is 2.27. The van der Waals surface area contributed by atoms with E-state index in [2.05, 4.69) is 15.7 Å². The van der Waals surface area contributed by atoms with E-state index in [0.717, 1.165) is 12.0 Å². The number of rotatable bonds is 9. The van der Waals surface area contributed by atoms with E-state index in [-0.39, 0.29) is 24.1 Å². The van der Waals surface area contributed by atoms with Crippen LogP contribution in [-0.4, -0.2) is 39.2 Å². The third-order valence-electron chi connectivity index (χ3n) is 5.17. The molecule has 1 saturated carbocycles. The molecule has 1 aliphatic rings. The number of carboxylic acid groups (broad SMARTS) is 1. The van der Waals surface area contributed by atoms with Crippen molar-refractivity contribution in [3.63, 3.8) is 0 Å². The standard InChI is InChI=1S/C21H26N4O4/c26-19(9-8-15-4-1-2-5-15)23-14-20(27)22-13-16-6-3-7-17(12-16)25-11-10-18(24-25)21(28)29/h3,6-7,10-12,15H,1-2,4-5,8-9,13-14H2,(H,22,27)(H,23,26)(H,28,29). The van der Waals surface area contributed by atoms with Crippen LogP contribution in [0.25, 0.3) is 5.69 Å². The monoisotopic (exact) mass is 398 g/mol. The summed E-state index contributed by atoms with van der Waals surface area (Å²) in [5, 5.41) is 18.4. The van der Waals surface area contributed by atoms with E-state index in [4.69, 9.17) is 5.11 Å². The first-order valence-corrected chi connectivity index (χ1v) is 9.93. The van der Waals surface area contributed by atoms with Gasteiger partial charge in [0.15, 0.2) is 5.69 Å². The average molecular weight is 398 g/mol. The molecular weight excluding hydrogens is 372 g/mol. The van der Waals surface area contributed by atoms with Gasteiger partial charge in [-0.3, -0.25) is 9.59 Å². The molecule has 1 fully saturated rings. The van der Waals surface area contributed by atoms with E-state index < -0.39 is 5.97 Å². The summed E-state index contributed by atoms with van der Waals surface area (Å²) in [6.45, 7) is 0.266. The number of hydrogen-bond donors (Lipinski definition) is 3. The number of amides is 2. The second kappa shape index (κ2) is 9.86. The molecule has 0 bridgehead atoms. The van der Waals surface area contributed by atoms with Gasteiger partial charge in [0.2, 0.25) is 11.8 Å². The molecule has 0 atom stereocenters. The third kappa shape index (κ3) is 6.17. The molecule has 154 valence electrons. The molecular formula is C21H26N4O4. The smallest absolute Gasteiger partial charge is 0.356 e. The van der Waals surface area contributed by atoms with E-state index in [1.807, 2.05) is 18.2 Å². The van der Waals surface area contributed by atoms with E-state index in [9.17, 15) is 14.4 Å². The summed E-state index contributed by atoms with van der Waals surface area (Å²) >= 11 is 0. The molecule has 0 unspecified atom stereocenters. The number of nitrogens with one attached hydrogen (secondary N) is 2. The number of benzene rings is 1. The Morgan fingerprint density at radius 1 is 1.10 bits per heavy atom. The number of aromatic nitrogens is 2. The number of hydrogen-bond acceptors (Lipinski definition) is 4. The lowest BCUT2D eigenvalue weighted by Gasteiger charge is -2.10. The Bertz CT molecular complexity index is 871. The molecule has 3 N–H and O–H groups in total. The lowest BCUT2D eigenvalue weighted by molar-refractivity contribution is -0.126. The molecule has 2 amide bonds. The maximum Gasteiger partial charge on any atom is 0.356 e. The van der Waals surface area contributed by atoms with Crippen LogP contribution in [0.3, 0.4) is 0 Å². The summed E-state index contributed by atoms with van der Waals surface area (Å²) in [6, 6.07) is 8.70. The molecule has 2 aromatic rings. The first-order chi connectivity index (χ1) is 14.0. The van der Waals surface area contributed by atoms with Crippen LogP contribution in [0.2, 0.25) is 0 Å². The summed E-state index contributed by atoms with van der Waals surface area (Å²) in [5.41, 5.74) is 1.51. The van der Waals surface area contributed by atoms with Crippen LogP contribution in [0, 0.1) is 5.92 Å². The first-order valence-electron chi connectivity index (χ1n) is 9.93. The molecule has 0 saturated heterocycles. The van der Waals surface area contributed by atoms with E-state index >= 15 is 0 Å². The summed E-state index contributed by atoms with van der Waals surface area (Å²) in [7, 11) is 0. The molecule has 8 nitrogen and oxygen atoms in total. The minimum atomic E-state index is -1.09. The zero-order chi connectivity index (χ0) is 20.6. The molecule has 0 aliphatic heterocycles. The fourth-order valence-corrected chi connectivity index (χ4v) is 3.56. The zero-order valence-corrected chi connectivity index (χ0v) is 16.3. The number of carboxylic acids is 1. The summed E-state index contributed by atoms with van der Waals surface area (Å²) < 4.78 is 1.47. The largest absolute Gasteiger partial charge is 0.476 e. The Hall–Kier alpha value is -3.16. The fourth-order valence-electron chi connectivity index (χ4n) is 3.56. The first kappa shape index (κ1) is 20.6. The fraction of sp³-hybridized carbons (Fsp3) is 0.429. The zero-order valence-electron chi connectivity index (χ0n) is 16.3. The van der Waals surface area contributed by atoms with Gasteiger partial charge >= 0.3 is 5.97 Å². The Kier molecular flexibility index (Phi) is 6.99. The number of carbonyl (C=O) groups excluding carboxylic acids is 2. The number of carbonyl (C=O) groups is 3. The van der Waals surface area contributed by atoms with Crippen LogP contribution in [0.15, 0.2) is 36.5 Å². The van der Waals surface area contributed by atoms with Crippen LogP contribution in [0.4, 0.5) is 0 Å². The average Bonchev–Trinajstić information content (AvgIpc) is 3.41. The molecule has 8 heteroatoms. The molecule has 0 spiro atoms. The van der Waals surface area contributed by atoms with Crippen molar-refractivity contribution < 1.29 is 19.5 Å². The maximum absolute atomic E-state index is 12.0. The second-order valence-electron chi connectivity index (χ2n) is 7.36. The van der Waals surface area contributed by atoms with Crippen molar-refractivity contribution in [2.45, 2.75) is 45.1 Å². The lowest BCUT2D eigenvalue weighted by Crippen LogP contribution is -2.36. The Morgan fingerprint density at radius 3 is 2.62 bits per heavy atom. The van der Waals surface area contributed by atoms with Gasteiger partial charge in [-0.05, 0) is 36.1 Å². The van der Waals surface area contributed by atoms with Crippen LogP contribution < -0.4 is 10.6 Å². The van der Waals surface area contributed by atoms with Crippen molar-refractivity contribution in [2.75, 3.05) is 6.54 Å². The van der Waals surface area contributed by atoms with Gasteiger partial charge in [-0.2, -0.15) is 5.10 Å². The van der Waals surface area contributed by atoms with Crippen LogP contribution in [0.5, 0.6) is 0 Å². The van der Waals surface area contributed by atoms with Crippen molar-refractivity contribution in [3.05, 3.63) is 47.8 Å². The van der Waals surface area contributed by atoms with E-state index in [1.165, 1.54) is 36.4 Å². The van der Waals surface area contributed by atoms with Crippen LogP contribution >= 0.6 is 0 Å². The van der Waals surface area contributed by atoms with Gasteiger partial charge in [0, 0.05) is 19.2 Å². The van der Waals surface area contributed by atoms with Crippen molar-refractivity contribution in [1.82, 2.24) is 20.4 Å². The number of nitrogens with zero attached hydrogens (tertiary/aromatic N) is 2. The van der Waals surface area contributed by atoms with Gasteiger partial charge in [0.1, 0.15) is 0 Å².